The van der Waals surface area contributed by atoms with Crippen molar-refractivity contribution in [3.8, 4) is 5.75 Å². The second kappa shape index (κ2) is 12.4. The van der Waals surface area contributed by atoms with Crippen molar-refractivity contribution in [3.63, 3.8) is 0 Å². The molecule has 0 saturated carbocycles. The van der Waals surface area contributed by atoms with Gasteiger partial charge in [-0.1, -0.05) is 26.0 Å². The number of alkyl halides is 3. The number of carbonyl (C=O) groups excluding carboxylic acids is 1. The number of hydrogen-bond donors (Lipinski definition) is 0. The van der Waals surface area contributed by atoms with Gasteiger partial charge in [0, 0.05) is 56.0 Å². The minimum Gasteiger partial charge on any atom is -0.379 e. The molecular formula is C27H35F3N2O5S. The van der Waals surface area contributed by atoms with Crippen LogP contribution in [0.15, 0.2) is 47.4 Å². The normalized spacial score (nSPS) is 16.1. The van der Waals surface area contributed by atoms with Gasteiger partial charge in [0.25, 0.3) is 0 Å². The highest BCUT2D eigenvalue weighted by atomic mass is 32.2. The van der Waals surface area contributed by atoms with Crippen molar-refractivity contribution >= 4 is 21.7 Å². The van der Waals surface area contributed by atoms with Crippen molar-refractivity contribution in [3.05, 3.63) is 53.6 Å². The number of hydrogen-bond acceptors (Lipinski definition) is 6. The summed E-state index contributed by atoms with van der Waals surface area (Å²) < 4.78 is 77.2. The van der Waals surface area contributed by atoms with Crippen LogP contribution in [0.25, 0.3) is 0 Å². The fraction of sp³-hybridized carbons (Fsp3) is 0.519. The molecule has 1 aliphatic heterocycles. The molecule has 1 saturated heterocycles. The minimum absolute atomic E-state index is 0.0410. The van der Waals surface area contributed by atoms with Gasteiger partial charge in [0.1, 0.15) is 10.6 Å². The lowest BCUT2D eigenvalue weighted by Gasteiger charge is -2.28. The molecule has 1 amide bonds. The Morgan fingerprint density at radius 3 is 2.42 bits per heavy atom. The third-order valence-corrected chi connectivity index (χ3v) is 7.67. The highest BCUT2D eigenvalue weighted by Gasteiger charge is 2.32. The molecule has 7 nitrogen and oxygen atoms in total. The Hall–Kier alpha value is -2.79. The maximum atomic E-state index is 13.2. The molecule has 38 heavy (non-hydrogen) atoms. The molecule has 0 aliphatic carbocycles. The maximum Gasteiger partial charge on any atom is 0.416 e. The summed E-state index contributed by atoms with van der Waals surface area (Å²) in [6, 6.07) is 8.50. The van der Waals surface area contributed by atoms with Crippen LogP contribution < -0.4 is 9.08 Å². The van der Waals surface area contributed by atoms with E-state index in [4.69, 9.17) is 8.92 Å². The average molecular weight is 557 g/mol. The standard InChI is InChI=1S/C27H35F3N2O5S/c1-5-31(6-2)22-13-12-20(17-32(26(33)19(3)4)18-23-10-8-14-36-23)25(16-22)37-38(34,35)24-11-7-9-21(15-24)27(28,29)30/h7,9,11-13,15-16,19,23H,5-6,8,10,14,17-18H2,1-4H3/t23-/m1/s1. The van der Waals surface area contributed by atoms with E-state index in [0.29, 0.717) is 43.6 Å². The first-order valence-electron chi connectivity index (χ1n) is 12.8. The Balaban J connectivity index is 2.01. The monoisotopic (exact) mass is 556 g/mol. The van der Waals surface area contributed by atoms with Gasteiger partial charge in [-0.05, 0) is 51.0 Å². The van der Waals surface area contributed by atoms with Gasteiger partial charge in [0.2, 0.25) is 5.91 Å². The average Bonchev–Trinajstić information content (AvgIpc) is 3.38. The molecule has 0 unspecified atom stereocenters. The molecule has 1 fully saturated rings. The fourth-order valence-electron chi connectivity index (χ4n) is 4.37. The summed E-state index contributed by atoms with van der Waals surface area (Å²) in [6.07, 6.45) is -3.11. The van der Waals surface area contributed by atoms with Gasteiger partial charge in [-0.2, -0.15) is 21.6 Å². The van der Waals surface area contributed by atoms with E-state index in [-0.39, 0.29) is 30.2 Å². The summed E-state index contributed by atoms with van der Waals surface area (Å²) in [6.45, 7) is 9.77. The van der Waals surface area contributed by atoms with Crippen LogP contribution in [0, 0.1) is 5.92 Å². The Bertz CT molecular complexity index is 1210. The van der Waals surface area contributed by atoms with Crippen molar-refractivity contribution in [1.82, 2.24) is 4.90 Å². The predicted octanol–water partition coefficient (Wildman–Crippen LogP) is 5.48. The van der Waals surface area contributed by atoms with Crippen LogP contribution in [-0.4, -0.2) is 51.6 Å². The molecule has 1 aliphatic rings. The number of anilines is 1. The molecule has 2 aromatic carbocycles. The summed E-state index contributed by atoms with van der Waals surface area (Å²) in [5.41, 5.74) is 0.0156. The third-order valence-electron chi connectivity index (χ3n) is 6.44. The van der Waals surface area contributed by atoms with Crippen LogP contribution in [0.2, 0.25) is 0 Å². The van der Waals surface area contributed by atoms with E-state index in [1.807, 2.05) is 24.8 Å². The van der Waals surface area contributed by atoms with Crippen molar-refractivity contribution in [1.29, 1.82) is 0 Å². The largest absolute Gasteiger partial charge is 0.416 e. The topological polar surface area (TPSA) is 76.2 Å². The van der Waals surface area contributed by atoms with Crippen molar-refractivity contribution in [2.24, 2.45) is 5.92 Å². The van der Waals surface area contributed by atoms with Crippen LogP contribution in [0.3, 0.4) is 0 Å². The van der Waals surface area contributed by atoms with Crippen molar-refractivity contribution < 1.29 is 35.3 Å². The zero-order valence-corrected chi connectivity index (χ0v) is 22.9. The number of carbonyl (C=O) groups is 1. The molecular weight excluding hydrogens is 521 g/mol. The summed E-state index contributed by atoms with van der Waals surface area (Å²) >= 11 is 0. The van der Waals surface area contributed by atoms with Crippen LogP contribution in [0.1, 0.15) is 51.7 Å². The first-order valence-corrected chi connectivity index (χ1v) is 14.2. The zero-order valence-electron chi connectivity index (χ0n) is 22.1. The van der Waals surface area contributed by atoms with E-state index in [2.05, 4.69) is 0 Å². The van der Waals surface area contributed by atoms with Crippen LogP contribution in [-0.2, 0) is 32.4 Å². The van der Waals surface area contributed by atoms with Gasteiger partial charge in [0.15, 0.2) is 0 Å². The second-order valence-corrected chi connectivity index (χ2v) is 11.1. The van der Waals surface area contributed by atoms with E-state index >= 15 is 0 Å². The Kier molecular flexibility index (Phi) is 9.69. The van der Waals surface area contributed by atoms with Gasteiger partial charge >= 0.3 is 16.3 Å². The zero-order chi connectivity index (χ0) is 28.1. The number of benzene rings is 2. The molecule has 0 aromatic heterocycles. The van der Waals surface area contributed by atoms with E-state index in [0.717, 1.165) is 31.0 Å². The van der Waals surface area contributed by atoms with E-state index in [9.17, 15) is 26.4 Å². The van der Waals surface area contributed by atoms with E-state index in [1.165, 1.54) is 0 Å². The summed E-state index contributed by atoms with van der Waals surface area (Å²) in [5.74, 6) is -0.467. The third kappa shape index (κ3) is 7.41. The molecule has 11 heteroatoms. The van der Waals surface area contributed by atoms with E-state index in [1.54, 1.807) is 30.9 Å². The number of amides is 1. The highest BCUT2D eigenvalue weighted by Crippen LogP contribution is 2.33. The molecule has 0 bridgehead atoms. The lowest BCUT2D eigenvalue weighted by Crippen LogP contribution is -2.39. The lowest BCUT2D eigenvalue weighted by atomic mass is 10.1. The Morgan fingerprint density at radius 2 is 1.84 bits per heavy atom. The van der Waals surface area contributed by atoms with Gasteiger partial charge in [-0.15, -0.1) is 0 Å². The van der Waals surface area contributed by atoms with Gasteiger partial charge in [-0.25, -0.2) is 0 Å². The molecule has 2 aromatic rings. The first kappa shape index (κ1) is 29.8. The summed E-state index contributed by atoms with van der Waals surface area (Å²) in [5, 5.41) is 0. The van der Waals surface area contributed by atoms with Crippen LogP contribution in [0.5, 0.6) is 5.75 Å². The SMILES string of the molecule is CCN(CC)c1ccc(CN(C[C@H]2CCCO2)C(=O)C(C)C)c(OS(=O)(=O)c2cccc(C(F)(F)F)c2)c1. The lowest BCUT2D eigenvalue weighted by molar-refractivity contribution is -0.138. The fourth-order valence-corrected chi connectivity index (χ4v) is 5.37. The van der Waals surface area contributed by atoms with Crippen molar-refractivity contribution in [2.75, 3.05) is 31.1 Å². The van der Waals surface area contributed by atoms with Crippen LogP contribution >= 0.6 is 0 Å². The van der Waals surface area contributed by atoms with Gasteiger partial charge in [0.05, 0.1) is 11.7 Å². The smallest absolute Gasteiger partial charge is 0.379 e. The Morgan fingerprint density at radius 1 is 1.13 bits per heavy atom. The number of ether oxygens (including phenoxy) is 1. The van der Waals surface area contributed by atoms with Gasteiger partial charge in [-0.3, -0.25) is 4.79 Å². The van der Waals surface area contributed by atoms with Gasteiger partial charge < -0.3 is 18.7 Å². The molecule has 0 radical (unpaired) electrons. The maximum absolute atomic E-state index is 13.2. The molecule has 1 atom stereocenters. The quantitative estimate of drug-likeness (QED) is 0.341. The summed E-state index contributed by atoms with van der Waals surface area (Å²) in [7, 11) is -4.62. The molecule has 1 heterocycles. The Labute approximate surface area is 222 Å². The molecule has 0 spiro atoms. The number of halogens is 3. The summed E-state index contributed by atoms with van der Waals surface area (Å²) in [4.78, 5) is 16.0. The molecule has 210 valence electrons. The number of rotatable bonds is 11. The van der Waals surface area contributed by atoms with Crippen LogP contribution in [0.4, 0.5) is 18.9 Å². The number of nitrogens with zero attached hydrogens (tertiary/aromatic N) is 2. The van der Waals surface area contributed by atoms with Crippen molar-refractivity contribution in [2.45, 2.75) is 64.3 Å². The highest BCUT2D eigenvalue weighted by molar-refractivity contribution is 7.87. The molecule has 0 N–H and O–H groups in total. The first-order chi connectivity index (χ1) is 17.9. The second-order valence-electron chi connectivity index (χ2n) is 9.54. The predicted molar refractivity (Wildman–Crippen MR) is 138 cm³/mol. The minimum atomic E-state index is -4.71. The van der Waals surface area contributed by atoms with E-state index < -0.39 is 26.8 Å². The molecule has 3 rings (SSSR count).